The summed E-state index contributed by atoms with van der Waals surface area (Å²) in [7, 11) is 0. The van der Waals surface area contributed by atoms with Gasteiger partial charge in [0.2, 0.25) is 5.91 Å². The second-order valence-corrected chi connectivity index (χ2v) is 6.78. The lowest BCUT2D eigenvalue weighted by Crippen LogP contribution is -2.51. The summed E-state index contributed by atoms with van der Waals surface area (Å²) in [6.45, 7) is 6.86. The van der Waals surface area contributed by atoms with Gasteiger partial charge in [-0.15, -0.1) is 0 Å². The van der Waals surface area contributed by atoms with Gasteiger partial charge in [-0.2, -0.15) is 5.26 Å². The Morgan fingerprint density at radius 2 is 2.00 bits per heavy atom. The predicted molar refractivity (Wildman–Crippen MR) is 88.1 cm³/mol. The number of anilines is 1. The molecule has 1 aromatic carbocycles. The molecule has 0 spiro atoms. The molecule has 1 saturated carbocycles. The van der Waals surface area contributed by atoms with E-state index in [4.69, 9.17) is 0 Å². The minimum atomic E-state index is -0.798. The molecule has 0 aromatic heterocycles. The number of benzene rings is 1. The second kappa shape index (κ2) is 6.83. The van der Waals surface area contributed by atoms with Gasteiger partial charge in [-0.25, -0.2) is 0 Å². The topological polar surface area (TPSA) is 64.9 Å². The first-order valence-electron chi connectivity index (χ1n) is 7.98. The van der Waals surface area contributed by atoms with Crippen molar-refractivity contribution in [3.8, 4) is 6.07 Å². The van der Waals surface area contributed by atoms with Gasteiger partial charge < -0.3 is 10.6 Å². The van der Waals surface area contributed by atoms with Crippen LogP contribution in [0.5, 0.6) is 0 Å². The van der Waals surface area contributed by atoms with Crippen LogP contribution in [0.3, 0.4) is 0 Å². The number of carbonyl (C=O) groups excluding carboxylic acids is 1. The van der Waals surface area contributed by atoms with Crippen LogP contribution in [0.4, 0.5) is 5.69 Å². The standard InChI is InChI=1S/C18H25N3O/c1-13(2)16(21-15-7-5-4-6-8-15)11-20-17(22)18(12-19)9-14(3)10-18/h4-8,13-14,16,21H,9-11H2,1-3H3,(H,20,22)/t14?,16-,18?/m0/s1. The van der Waals surface area contributed by atoms with E-state index < -0.39 is 5.41 Å². The van der Waals surface area contributed by atoms with Crippen molar-refractivity contribution in [3.05, 3.63) is 30.3 Å². The molecule has 0 heterocycles. The summed E-state index contributed by atoms with van der Waals surface area (Å²) in [5.74, 6) is 0.723. The van der Waals surface area contributed by atoms with E-state index in [1.54, 1.807) is 0 Å². The highest BCUT2D eigenvalue weighted by atomic mass is 16.2. The highest BCUT2D eigenvalue weighted by molar-refractivity contribution is 5.86. The predicted octanol–water partition coefficient (Wildman–Crippen LogP) is 3.18. The zero-order valence-electron chi connectivity index (χ0n) is 13.6. The van der Waals surface area contributed by atoms with Crippen molar-refractivity contribution in [1.82, 2.24) is 5.32 Å². The molecule has 0 radical (unpaired) electrons. The van der Waals surface area contributed by atoms with Crippen LogP contribution in [0, 0.1) is 28.6 Å². The number of nitrogens with one attached hydrogen (secondary N) is 2. The first kappa shape index (κ1) is 16.4. The Hall–Kier alpha value is -2.02. The Kier molecular flexibility index (Phi) is 5.07. The van der Waals surface area contributed by atoms with E-state index >= 15 is 0 Å². The first-order chi connectivity index (χ1) is 10.5. The molecule has 2 N–H and O–H groups in total. The Labute approximate surface area is 132 Å². The largest absolute Gasteiger partial charge is 0.380 e. The molecule has 0 aliphatic heterocycles. The van der Waals surface area contributed by atoms with Crippen molar-refractivity contribution < 1.29 is 4.79 Å². The molecule has 22 heavy (non-hydrogen) atoms. The van der Waals surface area contributed by atoms with E-state index in [1.165, 1.54) is 0 Å². The van der Waals surface area contributed by atoms with E-state index in [0.717, 1.165) is 5.69 Å². The third-order valence-corrected chi connectivity index (χ3v) is 4.46. The van der Waals surface area contributed by atoms with Crippen molar-refractivity contribution in [1.29, 1.82) is 5.26 Å². The Bertz CT molecular complexity index is 541. The third kappa shape index (κ3) is 3.59. The maximum Gasteiger partial charge on any atom is 0.240 e. The summed E-state index contributed by atoms with van der Waals surface area (Å²) in [6, 6.07) is 12.3. The van der Waals surface area contributed by atoms with Gasteiger partial charge in [0.15, 0.2) is 0 Å². The maximum absolute atomic E-state index is 12.3. The fourth-order valence-electron chi connectivity index (χ4n) is 3.03. The normalized spacial score (nSPS) is 25.0. The molecule has 1 aliphatic rings. The van der Waals surface area contributed by atoms with Crippen LogP contribution in [0.1, 0.15) is 33.6 Å². The van der Waals surface area contributed by atoms with Crippen LogP contribution in [-0.2, 0) is 4.79 Å². The minimum Gasteiger partial charge on any atom is -0.380 e. The van der Waals surface area contributed by atoms with Gasteiger partial charge in [0.25, 0.3) is 0 Å². The number of amides is 1. The summed E-state index contributed by atoms with van der Waals surface area (Å²) in [4.78, 5) is 12.3. The average molecular weight is 299 g/mol. The smallest absolute Gasteiger partial charge is 0.240 e. The number of carbonyl (C=O) groups is 1. The Morgan fingerprint density at radius 3 is 2.50 bits per heavy atom. The number of para-hydroxylation sites is 1. The second-order valence-electron chi connectivity index (χ2n) is 6.78. The average Bonchev–Trinajstić information content (AvgIpc) is 2.48. The fourth-order valence-corrected chi connectivity index (χ4v) is 3.03. The van der Waals surface area contributed by atoms with Crippen molar-refractivity contribution >= 4 is 11.6 Å². The van der Waals surface area contributed by atoms with E-state index in [2.05, 4.69) is 37.5 Å². The molecular weight excluding hydrogens is 274 g/mol. The lowest BCUT2D eigenvalue weighted by Gasteiger charge is -2.39. The lowest BCUT2D eigenvalue weighted by molar-refractivity contribution is -0.134. The molecule has 0 saturated heterocycles. The number of hydrogen-bond donors (Lipinski definition) is 2. The maximum atomic E-state index is 12.3. The summed E-state index contributed by atoms with van der Waals surface area (Å²) < 4.78 is 0. The molecule has 118 valence electrons. The lowest BCUT2D eigenvalue weighted by atomic mass is 9.63. The van der Waals surface area contributed by atoms with Gasteiger partial charge in [-0.05, 0) is 36.8 Å². The van der Waals surface area contributed by atoms with Gasteiger partial charge >= 0.3 is 0 Å². The number of nitrogens with zero attached hydrogens (tertiary/aromatic N) is 1. The highest BCUT2D eigenvalue weighted by Crippen LogP contribution is 2.45. The SMILES string of the molecule is CC1CC(C#N)(C(=O)NC[C@H](Nc2ccccc2)C(C)C)C1. The van der Waals surface area contributed by atoms with Crippen LogP contribution < -0.4 is 10.6 Å². The molecular formula is C18H25N3O. The number of hydrogen-bond acceptors (Lipinski definition) is 3. The van der Waals surface area contributed by atoms with Crippen LogP contribution in [0.15, 0.2) is 30.3 Å². The van der Waals surface area contributed by atoms with Gasteiger partial charge in [0.05, 0.1) is 6.07 Å². The summed E-state index contributed by atoms with van der Waals surface area (Å²) in [6.07, 6.45) is 1.35. The van der Waals surface area contributed by atoms with E-state index in [1.807, 2.05) is 30.3 Å². The first-order valence-corrected chi connectivity index (χ1v) is 7.98. The van der Waals surface area contributed by atoms with E-state index in [9.17, 15) is 10.1 Å². The molecule has 1 amide bonds. The summed E-state index contributed by atoms with van der Waals surface area (Å²) in [5, 5.41) is 15.7. The molecule has 0 unspecified atom stereocenters. The van der Waals surface area contributed by atoms with Gasteiger partial charge in [0, 0.05) is 18.3 Å². The van der Waals surface area contributed by atoms with Crippen molar-refractivity contribution in [2.24, 2.45) is 17.3 Å². The van der Waals surface area contributed by atoms with Gasteiger partial charge in [-0.3, -0.25) is 4.79 Å². The van der Waals surface area contributed by atoms with Crippen molar-refractivity contribution in [2.75, 3.05) is 11.9 Å². The van der Waals surface area contributed by atoms with Gasteiger partial charge in [0.1, 0.15) is 5.41 Å². The molecule has 4 heteroatoms. The number of rotatable bonds is 6. The highest BCUT2D eigenvalue weighted by Gasteiger charge is 2.48. The van der Waals surface area contributed by atoms with E-state index in [-0.39, 0.29) is 11.9 Å². The van der Waals surface area contributed by atoms with Crippen LogP contribution >= 0.6 is 0 Å². The molecule has 1 aromatic rings. The quantitative estimate of drug-likeness (QED) is 0.848. The molecule has 4 nitrogen and oxygen atoms in total. The van der Waals surface area contributed by atoms with Crippen molar-refractivity contribution in [3.63, 3.8) is 0 Å². The molecule has 0 bridgehead atoms. The summed E-state index contributed by atoms with van der Waals surface area (Å²) >= 11 is 0. The molecule has 1 atom stereocenters. The monoisotopic (exact) mass is 299 g/mol. The molecule has 2 rings (SSSR count). The third-order valence-electron chi connectivity index (χ3n) is 4.46. The minimum absolute atomic E-state index is 0.117. The van der Waals surface area contributed by atoms with Crippen molar-refractivity contribution in [2.45, 2.75) is 39.7 Å². The Balaban J connectivity index is 1.92. The molecule has 1 fully saturated rings. The van der Waals surface area contributed by atoms with Gasteiger partial charge in [-0.1, -0.05) is 39.0 Å². The fraction of sp³-hybridized carbons (Fsp3) is 0.556. The Morgan fingerprint density at radius 1 is 1.36 bits per heavy atom. The zero-order chi connectivity index (χ0) is 16.2. The zero-order valence-corrected chi connectivity index (χ0v) is 13.6. The number of nitriles is 1. The van der Waals surface area contributed by atoms with Crippen LogP contribution in [0.2, 0.25) is 0 Å². The summed E-state index contributed by atoms with van der Waals surface area (Å²) in [5.41, 5.74) is 0.246. The molecule has 1 aliphatic carbocycles. The van der Waals surface area contributed by atoms with Crippen LogP contribution in [0.25, 0.3) is 0 Å². The van der Waals surface area contributed by atoms with E-state index in [0.29, 0.717) is 31.2 Å². The van der Waals surface area contributed by atoms with Crippen LogP contribution in [-0.4, -0.2) is 18.5 Å².